The fraction of sp³-hybridized carbons (Fsp3) is 0.462. The van der Waals surface area contributed by atoms with Crippen LogP contribution in [0.4, 0.5) is 5.69 Å². The highest BCUT2D eigenvalue weighted by Gasteiger charge is 2.31. The van der Waals surface area contributed by atoms with Crippen molar-refractivity contribution in [2.24, 2.45) is 0 Å². The number of rotatable bonds is 3. The van der Waals surface area contributed by atoms with Gasteiger partial charge < -0.3 is 16.2 Å². The summed E-state index contributed by atoms with van der Waals surface area (Å²) in [5, 5.41) is 13.2. The van der Waals surface area contributed by atoms with E-state index in [-0.39, 0.29) is 18.0 Å². The zero-order valence-corrected chi connectivity index (χ0v) is 10.8. The molecule has 1 aromatic carbocycles. The Morgan fingerprint density at radius 2 is 2.11 bits per heavy atom. The van der Waals surface area contributed by atoms with Crippen molar-refractivity contribution in [2.75, 3.05) is 12.3 Å². The lowest BCUT2D eigenvalue weighted by Gasteiger charge is -2.22. The number of carbonyl (C=O) groups excluding carboxylic acids is 1. The summed E-state index contributed by atoms with van der Waals surface area (Å²) in [6, 6.07) is 4.95. The van der Waals surface area contributed by atoms with Crippen LogP contribution in [0.2, 0.25) is 5.02 Å². The van der Waals surface area contributed by atoms with E-state index in [0.29, 0.717) is 10.7 Å². The molecule has 0 heterocycles. The van der Waals surface area contributed by atoms with Crippen molar-refractivity contribution in [3.05, 3.63) is 28.8 Å². The topological polar surface area (TPSA) is 75.4 Å². The number of nitrogen functional groups attached to an aromatic ring is 1. The van der Waals surface area contributed by atoms with E-state index in [1.807, 2.05) is 0 Å². The minimum Gasteiger partial charge on any atom is -0.398 e. The van der Waals surface area contributed by atoms with Crippen LogP contribution in [0, 0.1) is 0 Å². The molecule has 1 amide bonds. The van der Waals surface area contributed by atoms with E-state index in [4.69, 9.17) is 17.3 Å². The van der Waals surface area contributed by atoms with E-state index < -0.39 is 5.60 Å². The number of amides is 1. The summed E-state index contributed by atoms with van der Waals surface area (Å²) in [7, 11) is 0. The Labute approximate surface area is 111 Å². The summed E-state index contributed by atoms with van der Waals surface area (Å²) >= 11 is 5.95. The van der Waals surface area contributed by atoms with Crippen LogP contribution in [0.3, 0.4) is 0 Å². The monoisotopic (exact) mass is 268 g/mol. The third-order valence-electron chi connectivity index (χ3n) is 3.39. The number of nitrogens with one attached hydrogen (secondary N) is 1. The summed E-state index contributed by atoms with van der Waals surface area (Å²) in [4.78, 5) is 12.0. The van der Waals surface area contributed by atoms with E-state index in [0.717, 1.165) is 25.7 Å². The van der Waals surface area contributed by atoms with Gasteiger partial charge in [-0.2, -0.15) is 0 Å². The van der Waals surface area contributed by atoms with Crippen LogP contribution >= 0.6 is 11.6 Å². The van der Waals surface area contributed by atoms with Crippen LogP contribution in [-0.2, 0) is 0 Å². The lowest BCUT2D eigenvalue weighted by Crippen LogP contribution is -2.41. The lowest BCUT2D eigenvalue weighted by molar-refractivity contribution is 0.0450. The Bertz CT molecular complexity index is 436. The van der Waals surface area contributed by atoms with Gasteiger partial charge in [0, 0.05) is 12.2 Å². The fourth-order valence-electron chi connectivity index (χ4n) is 2.32. The van der Waals surface area contributed by atoms with Crippen molar-refractivity contribution in [2.45, 2.75) is 31.3 Å². The molecule has 1 aromatic rings. The Morgan fingerprint density at radius 1 is 1.44 bits per heavy atom. The molecule has 2 rings (SSSR count). The Kier molecular flexibility index (Phi) is 3.78. The summed E-state index contributed by atoms with van der Waals surface area (Å²) in [6.07, 6.45) is 3.46. The van der Waals surface area contributed by atoms with E-state index in [9.17, 15) is 9.90 Å². The highest BCUT2D eigenvalue weighted by atomic mass is 35.5. The van der Waals surface area contributed by atoms with E-state index in [2.05, 4.69) is 5.32 Å². The predicted octanol–water partition coefficient (Wildman–Crippen LogP) is 1.96. The molecule has 1 fully saturated rings. The highest BCUT2D eigenvalue weighted by molar-refractivity contribution is 6.34. The first kappa shape index (κ1) is 13.2. The zero-order valence-electron chi connectivity index (χ0n) is 10.1. The molecular formula is C13H17ClN2O2. The summed E-state index contributed by atoms with van der Waals surface area (Å²) < 4.78 is 0. The normalized spacial score (nSPS) is 17.7. The van der Waals surface area contributed by atoms with E-state index in [1.54, 1.807) is 18.2 Å². The first-order chi connectivity index (χ1) is 8.52. The molecule has 0 bridgehead atoms. The van der Waals surface area contributed by atoms with Gasteiger partial charge in [-0.05, 0) is 25.0 Å². The molecule has 0 aliphatic heterocycles. The number of anilines is 1. The molecule has 0 unspecified atom stereocenters. The second-order valence-corrected chi connectivity index (χ2v) is 5.23. The first-order valence-electron chi connectivity index (χ1n) is 6.06. The van der Waals surface area contributed by atoms with Crippen LogP contribution in [0.25, 0.3) is 0 Å². The van der Waals surface area contributed by atoms with Crippen molar-refractivity contribution >= 4 is 23.2 Å². The minimum absolute atomic E-state index is 0.247. The average molecular weight is 269 g/mol. The van der Waals surface area contributed by atoms with Crippen molar-refractivity contribution in [1.29, 1.82) is 0 Å². The molecule has 0 atom stereocenters. The molecular weight excluding hydrogens is 252 g/mol. The van der Waals surface area contributed by atoms with Crippen LogP contribution in [0.5, 0.6) is 0 Å². The molecule has 1 aliphatic carbocycles. The van der Waals surface area contributed by atoms with Gasteiger partial charge in [0.2, 0.25) is 0 Å². The highest BCUT2D eigenvalue weighted by Crippen LogP contribution is 2.29. The Hall–Kier alpha value is -1.26. The van der Waals surface area contributed by atoms with Gasteiger partial charge in [-0.25, -0.2) is 0 Å². The van der Waals surface area contributed by atoms with Crippen molar-refractivity contribution in [3.63, 3.8) is 0 Å². The maximum atomic E-state index is 12.0. The van der Waals surface area contributed by atoms with Crippen molar-refractivity contribution < 1.29 is 9.90 Å². The summed E-state index contributed by atoms with van der Waals surface area (Å²) in [5.74, 6) is -0.335. The molecule has 0 saturated heterocycles. The van der Waals surface area contributed by atoms with Gasteiger partial charge in [0.15, 0.2) is 0 Å². The first-order valence-corrected chi connectivity index (χ1v) is 6.44. The number of benzene rings is 1. The Morgan fingerprint density at radius 3 is 2.72 bits per heavy atom. The second kappa shape index (κ2) is 5.16. The van der Waals surface area contributed by atoms with Gasteiger partial charge in [-0.3, -0.25) is 4.79 Å². The van der Waals surface area contributed by atoms with Crippen LogP contribution in [0.1, 0.15) is 36.0 Å². The molecule has 0 aromatic heterocycles. The van der Waals surface area contributed by atoms with Crippen molar-refractivity contribution in [3.8, 4) is 0 Å². The third kappa shape index (κ3) is 2.76. The molecule has 0 radical (unpaired) electrons. The SMILES string of the molecule is Nc1cccc(Cl)c1C(=O)NCC1(O)CCCC1. The molecule has 1 aliphatic rings. The smallest absolute Gasteiger partial charge is 0.254 e. The van der Waals surface area contributed by atoms with Gasteiger partial charge >= 0.3 is 0 Å². The predicted molar refractivity (Wildman–Crippen MR) is 71.6 cm³/mol. The maximum Gasteiger partial charge on any atom is 0.254 e. The molecule has 0 spiro atoms. The maximum absolute atomic E-state index is 12.0. The molecule has 18 heavy (non-hydrogen) atoms. The number of hydrogen-bond donors (Lipinski definition) is 3. The molecule has 4 N–H and O–H groups in total. The Balaban J connectivity index is 2.04. The third-order valence-corrected chi connectivity index (χ3v) is 3.70. The van der Waals surface area contributed by atoms with Crippen LogP contribution < -0.4 is 11.1 Å². The summed E-state index contributed by atoms with van der Waals surface area (Å²) in [5.41, 5.74) is 5.58. The minimum atomic E-state index is -0.772. The van der Waals surface area contributed by atoms with Gasteiger partial charge in [0.1, 0.15) is 0 Å². The summed E-state index contributed by atoms with van der Waals surface area (Å²) in [6.45, 7) is 0.247. The van der Waals surface area contributed by atoms with Gasteiger partial charge in [0.05, 0.1) is 16.2 Å². The van der Waals surface area contributed by atoms with Crippen LogP contribution in [0.15, 0.2) is 18.2 Å². The molecule has 1 saturated carbocycles. The van der Waals surface area contributed by atoms with Crippen molar-refractivity contribution in [1.82, 2.24) is 5.32 Å². The average Bonchev–Trinajstić information content (AvgIpc) is 2.74. The number of carbonyl (C=O) groups is 1. The molecule has 4 nitrogen and oxygen atoms in total. The zero-order chi connectivity index (χ0) is 13.2. The van der Waals surface area contributed by atoms with Gasteiger partial charge in [-0.1, -0.05) is 30.5 Å². The number of nitrogens with two attached hydrogens (primary N) is 1. The fourth-order valence-corrected chi connectivity index (χ4v) is 2.59. The van der Waals surface area contributed by atoms with E-state index >= 15 is 0 Å². The number of aliphatic hydroxyl groups is 1. The number of halogens is 1. The number of hydrogen-bond acceptors (Lipinski definition) is 3. The quantitative estimate of drug-likeness (QED) is 0.734. The molecule has 98 valence electrons. The largest absolute Gasteiger partial charge is 0.398 e. The van der Waals surface area contributed by atoms with Crippen LogP contribution in [-0.4, -0.2) is 23.2 Å². The van der Waals surface area contributed by atoms with E-state index in [1.165, 1.54) is 0 Å². The van der Waals surface area contributed by atoms with Gasteiger partial charge in [0.25, 0.3) is 5.91 Å². The second-order valence-electron chi connectivity index (χ2n) is 4.82. The van der Waals surface area contributed by atoms with Gasteiger partial charge in [-0.15, -0.1) is 0 Å². The standard InChI is InChI=1S/C13H17ClN2O2/c14-9-4-3-5-10(15)11(9)12(17)16-8-13(18)6-1-2-7-13/h3-5,18H,1-2,6-8,15H2,(H,16,17). The lowest BCUT2D eigenvalue weighted by atomic mass is 10.0. The molecule has 5 heteroatoms.